The Hall–Kier alpha value is -2.60. The lowest BCUT2D eigenvalue weighted by atomic mass is 10.2. The number of sulfonamides is 1. The zero-order valence-electron chi connectivity index (χ0n) is 19.9. The second-order valence-corrected chi connectivity index (χ2v) is 11.3. The van der Waals surface area contributed by atoms with Crippen LogP contribution in [-0.2, 0) is 10.0 Å². The summed E-state index contributed by atoms with van der Waals surface area (Å²) in [4.78, 5) is 21.8. The first kappa shape index (κ1) is 25.5. The summed E-state index contributed by atoms with van der Waals surface area (Å²) in [6.45, 7) is 8.94. The molecule has 8 nitrogen and oxygen atoms in total. The molecule has 0 bridgehead atoms. The van der Waals surface area contributed by atoms with Gasteiger partial charge < -0.3 is 10.2 Å². The Labute approximate surface area is 209 Å². The molecule has 0 saturated carbocycles. The average Bonchev–Trinajstić information content (AvgIpc) is 3.28. The van der Waals surface area contributed by atoms with Crippen molar-refractivity contribution in [3.8, 4) is 0 Å². The summed E-state index contributed by atoms with van der Waals surface area (Å²) in [6, 6.07) is 10.7. The molecule has 0 radical (unpaired) electrons. The second kappa shape index (κ2) is 11.0. The number of hydrogen-bond donors (Lipinski definition) is 1. The van der Waals surface area contributed by atoms with Crippen molar-refractivity contribution in [1.82, 2.24) is 19.5 Å². The van der Waals surface area contributed by atoms with E-state index in [1.54, 1.807) is 32.0 Å². The van der Waals surface area contributed by atoms with E-state index in [0.717, 1.165) is 48.1 Å². The molecule has 4 rings (SSSR count). The summed E-state index contributed by atoms with van der Waals surface area (Å²) in [5, 5.41) is 3.82. The number of aromatic nitrogens is 1. The highest BCUT2D eigenvalue weighted by Gasteiger charge is 2.22. The van der Waals surface area contributed by atoms with Crippen molar-refractivity contribution in [2.45, 2.75) is 18.7 Å². The molecule has 35 heavy (non-hydrogen) atoms. The Morgan fingerprint density at radius 3 is 2.43 bits per heavy atom. The first-order chi connectivity index (χ1) is 16.8. The lowest BCUT2D eigenvalue weighted by molar-refractivity contribution is 0.0947. The van der Waals surface area contributed by atoms with Crippen LogP contribution in [0.3, 0.4) is 0 Å². The quantitative estimate of drug-likeness (QED) is 0.468. The monoisotopic (exact) mass is 519 g/mol. The minimum Gasteiger partial charge on any atom is -0.351 e. The van der Waals surface area contributed by atoms with Gasteiger partial charge in [-0.05, 0) is 42.5 Å². The maximum atomic E-state index is 13.4. The van der Waals surface area contributed by atoms with Gasteiger partial charge in [0.1, 0.15) is 5.82 Å². The van der Waals surface area contributed by atoms with E-state index in [1.807, 2.05) is 0 Å². The fourth-order valence-electron chi connectivity index (χ4n) is 4.10. The van der Waals surface area contributed by atoms with E-state index in [2.05, 4.69) is 20.1 Å². The molecule has 1 fully saturated rings. The number of nitrogens with one attached hydrogen (secondary N) is 1. The molecule has 2 aromatic carbocycles. The molecule has 1 saturated heterocycles. The van der Waals surface area contributed by atoms with Crippen LogP contribution >= 0.6 is 11.3 Å². The first-order valence-electron chi connectivity index (χ1n) is 11.7. The van der Waals surface area contributed by atoms with Gasteiger partial charge in [-0.3, -0.25) is 9.69 Å². The molecule has 0 spiro atoms. The maximum absolute atomic E-state index is 13.4. The van der Waals surface area contributed by atoms with Crippen LogP contribution in [0.1, 0.15) is 24.2 Å². The molecule has 0 aliphatic carbocycles. The molecule has 0 unspecified atom stereocenters. The number of halogens is 1. The number of amides is 1. The topological polar surface area (TPSA) is 85.8 Å². The average molecular weight is 520 g/mol. The zero-order valence-corrected chi connectivity index (χ0v) is 21.5. The second-order valence-electron chi connectivity index (χ2n) is 8.31. The lowest BCUT2D eigenvalue weighted by Gasteiger charge is -2.34. The number of piperazine rings is 1. The summed E-state index contributed by atoms with van der Waals surface area (Å²) in [5.41, 5.74) is 1.25. The van der Waals surface area contributed by atoms with E-state index in [4.69, 9.17) is 0 Å². The molecule has 1 aliphatic rings. The van der Waals surface area contributed by atoms with Crippen LogP contribution in [0.4, 0.5) is 9.52 Å². The molecule has 1 amide bonds. The molecule has 2 heterocycles. The summed E-state index contributed by atoms with van der Waals surface area (Å²) in [6.07, 6.45) is 0. The van der Waals surface area contributed by atoms with E-state index in [9.17, 15) is 17.6 Å². The minimum atomic E-state index is -3.54. The molecule has 11 heteroatoms. The van der Waals surface area contributed by atoms with Crippen molar-refractivity contribution in [2.75, 3.05) is 57.3 Å². The van der Waals surface area contributed by atoms with Gasteiger partial charge in [-0.1, -0.05) is 25.2 Å². The highest BCUT2D eigenvalue weighted by Crippen LogP contribution is 2.29. The molecule has 0 atom stereocenters. The Balaban J connectivity index is 1.24. The Morgan fingerprint density at radius 2 is 1.77 bits per heavy atom. The highest BCUT2D eigenvalue weighted by molar-refractivity contribution is 7.89. The largest absolute Gasteiger partial charge is 0.351 e. The molecule has 1 aromatic heterocycles. The van der Waals surface area contributed by atoms with Crippen LogP contribution in [-0.4, -0.2) is 80.9 Å². The molecular weight excluding hydrogens is 489 g/mol. The normalized spacial score (nSPS) is 15.1. The third-order valence-corrected chi connectivity index (χ3v) is 9.30. The number of fused-ring (bicyclic) bond motifs is 1. The standard InChI is InChI=1S/C24H30FN5O3S2/c1-3-30(4-2)35(32,33)20-8-5-18(6-9-20)23(31)26-11-12-28-13-15-29(16-14-28)24-27-21-10-7-19(25)17-22(21)34-24/h5-10,17H,3-4,11-16H2,1-2H3,(H,26,31). The summed E-state index contributed by atoms with van der Waals surface area (Å²) in [7, 11) is -3.54. The predicted molar refractivity (Wildman–Crippen MR) is 137 cm³/mol. The zero-order chi connectivity index (χ0) is 25.0. The first-order valence-corrected chi connectivity index (χ1v) is 14.0. The van der Waals surface area contributed by atoms with Gasteiger partial charge in [0, 0.05) is 57.9 Å². The van der Waals surface area contributed by atoms with Crippen LogP contribution in [0, 0.1) is 5.82 Å². The van der Waals surface area contributed by atoms with Gasteiger partial charge in [-0.25, -0.2) is 17.8 Å². The summed E-state index contributed by atoms with van der Waals surface area (Å²) in [5.74, 6) is -0.475. The molecule has 188 valence electrons. The van der Waals surface area contributed by atoms with Gasteiger partial charge in [-0.2, -0.15) is 4.31 Å². The minimum absolute atomic E-state index is 0.189. The van der Waals surface area contributed by atoms with E-state index >= 15 is 0 Å². The number of carbonyl (C=O) groups is 1. The Bertz CT molecular complexity index is 1270. The van der Waals surface area contributed by atoms with Gasteiger partial charge in [0.15, 0.2) is 5.13 Å². The molecule has 3 aromatic rings. The smallest absolute Gasteiger partial charge is 0.251 e. The van der Waals surface area contributed by atoms with Crippen molar-refractivity contribution in [1.29, 1.82) is 0 Å². The fraction of sp³-hybridized carbons (Fsp3) is 0.417. The van der Waals surface area contributed by atoms with Crippen LogP contribution in [0.15, 0.2) is 47.4 Å². The SMILES string of the molecule is CCN(CC)S(=O)(=O)c1ccc(C(=O)NCCN2CCN(c3nc4ccc(F)cc4s3)CC2)cc1. The lowest BCUT2D eigenvalue weighted by Crippen LogP contribution is -2.48. The van der Waals surface area contributed by atoms with Gasteiger partial charge >= 0.3 is 0 Å². The molecule has 1 aliphatic heterocycles. The molecular formula is C24H30FN5O3S2. The summed E-state index contributed by atoms with van der Waals surface area (Å²) < 4.78 is 40.9. The third kappa shape index (κ3) is 5.80. The van der Waals surface area contributed by atoms with Crippen LogP contribution in [0.2, 0.25) is 0 Å². The van der Waals surface area contributed by atoms with Crippen LogP contribution in [0.5, 0.6) is 0 Å². The number of rotatable bonds is 9. The van der Waals surface area contributed by atoms with Crippen molar-refractivity contribution in [3.63, 3.8) is 0 Å². The number of benzene rings is 2. The van der Waals surface area contributed by atoms with E-state index in [1.165, 1.54) is 39.9 Å². The van der Waals surface area contributed by atoms with E-state index in [-0.39, 0.29) is 16.6 Å². The van der Waals surface area contributed by atoms with Crippen LogP contribution in [0.25, 0.3) is 10.2 Å². The van der Waals surface area contributed by atoms with Crippen molar-refractivity contribution in [2.24, 2.45) is 0 Å². The highest BCUT2D eigenvalue weighted by atomic mass is 32.2. The Morgan fingerprint density at radius 1 is 1.09 bits per heavy atom. The van der Waals surface area contributed by atoms with E-state index < -0.39 is 10.0 Å². The predicted octanol–water partition coefficient (Wildman–Crippen LogP) is 3.02. The van der Waals surface area contributed by atoms with E-state index in [0.29, 0.717) is 25.2 Å². The number of nitrogens with zero attached hydrogens (tertiary/aromatic N) is 4. The van der Waals surface area contributed by atoms with Crippen LogP contribution < -0.4 is 10.2 Å². The maximum Gasteiger partial charge on any atom is 0.251 e. The van der Waals surface area contributed by atoms with Crippen molar-refractivity contribution in [3.05, 3.63) is 53.8 Å². The number of hydrogen-bond acceptors (Lipinski definition) is 7. The van der Waals surface area contributed by atoms with Gasteiger partial charge in [0.25, 0.3) is 5.91 Å². The van der Waals surface area contributed by atoms with Crippen molar-refractivity contribution < 1.29 is 17.6 Å². The van der Waals surface area contributed by atoms with Gasteiger partial charge in [0.05, 0.1) is 15.1 Å². The molecule has 1 N–H and O–H groups in total. The number of thiazole rings is 1. The van der Waals surface area contributed by atoms with Gasteiger partial charge in [-0.15, -0.1) is 0 Å². The summed E-state index contributed by atoms with van der Waals surface area (Å²) >= 11 is 1.50. The third-order valence-electron chi connectivity index (χ3n) is 6.16. The number of carbonyl (C=O) groups excluding carboxylic acids is 1. The fourth-order valence-corrected chi connectivity index (χ4v) is 6.60. The van der Waals surface area contributed by atoms with Crippen molar-refractivity contribution >= 4 is 42.6 Å². The number of anilines is 1. The van der Waals surface area contributed by atoms with Gasteiger partial charge in [0.2, 0.25) is 10.0 Å². The Kier molecular flexibility index (Phi) is 8.00.